The van der Waals surface area contributed by atoms with Crippen molar-refractivity contribution in [2.75, 3.05) is 19.2 Å². The van der Waals surface area contributed by atoms with Gasteiger partial charge >= 0.3 is 0 Å². The minimum Gasteiger partial charge on any atom is -0.454 e. The first-order valence-corrected chi connectivity index (χ1v) is 10.7. The van der Waals surface area contributed by atoms with Gasteiger partial charge in [0.15, 0.2) is 11.5 Å². The second kappa shape index (κ2) is 7.88. The highest BCUT2D eigenvalue weighted by Crippen LogP contribution is 2.51. The lowest BCUT2D eigenvalue weighted by atomic mass is 9.94. The molecule has 1 aliphatic heterocycles. The van der Waals surface area contributed by atoms with Crippen LogP contribution < -0.4 is 20.1 Å². The van der Waals surface area contributed by atoms with Crippen LogP contribution in [0.2, 0.25) is 5.02 Å². The van der Waals surface area contributed by atoms with Crippen molar-refractivity contribution in [3.05, 3.63) is 76.8 Å². The van der Waals surface area contributed by atoms with Gasteiger partial charge in [0, 0.05) is 30.3 Å². The fraction of sp³-hybridized carbons (Fsp3) is 0.200. The number of hydrogen-bond donors (Lipinski definition) is 2. The summed E-state index contributed by atoms with van der Waals surface area (Å²) in [6.45, 7) is 0.204. The molecule has 1 fully saturated rings. The molecule has 6 nitrogen and oxygen atoms in total. The van der Waals surface area contributed by atoms with Gasteiger partial charge in [-0.05, 0) is 66.4 Å². The largest absolute Gasteiger partial charge is 0.454 e. The SMILES string of the molecule is CNC(=O)c1ccc(-c2cc(NC(=O)C3(c4ccc5c(c4)OCO5)CC3)ccc2Cl)cc1.[HH]. The lowest BCUT2D eigenvalue weighted by Crippen LogP contribution is -2.27. The fourth-order valence-corrected chi connectivity index (χ4v) is 4.21. The Morgan fingerprint density at radius 3 is 2.44 bits per heavy atom. The first kappa shape index (κ1) is 20.4. The van der Waals surface area contributed by atoms with Gasteiger partial charge < -0.3 is 20.1 Å². The van der Waals surface area contributed by atoms with Crippen LogP contribution in [-0.4, -0.2) is 25.7 Å². The maximum absolute atomic E-state index is 13.2. The lowest BCUT2D eigenvalue weighted by molar-refractivity contribution is -0.118. The number of ether oxygens (including phenoxy) is 2. The van der Waals surface area contributed by atoms with Gasteiger partial charge in [-0.25, -0.2) is 0 Å². The van der Waals surface area contributed by atoms with Crippen LogP contribution in [0, 0.1) is 0 Å². The standard InChI is InChI=1S/C25H21ClN2O4.H2/c1-27-23(29)16-4-2-15(3-5-16)19-13-18(7-8-20(19)26)28-24(30)25(10-11-25)17-6-9-21-22(12-17)32-14-31-21;/h2-9,12-13H,10-11,14H2,1H3,(H,27,29)(H,28,30);1H. The van der Waals surface area contributed by atoms with Gasteiger partial charge in [-0.3, -0.25) is 9.59 Å². The number of anilines is 1. The first-order valence-electron chi connectivity index (χ1n) is 10.3. The van der Waals surface area contributed by atoms with E-state index < -0.39 is 5.41 Å². The topological polar surface area (TPSA) is 76.7 Å². The summed E-state index contributed by atoms with van der Waals surface area (Å²) in [5, 5.41) is 6.22. The van der Waals surface area contributed by atoms with E-state index in [1.165, 1.54) is 0 Å². The molecule has 0 unspecified atom stereocenters. The zero-order valence-electron chi connectivity index (χ0n) is 17.4. The highest BCUT2D eigenvalue weighted by molar-refractivity contribution is 6.33. The predicted molar refractivity (Wildman–Crippen MR) is 124 cm³/mol. The normalized spacial score (nSPS) is 15.2. The Hall–Kier alpha value is -3.51. The molecule has 1 saturated carbocycles. The van der Waals surface area contributed by atoms with Crippen molar-refractivity contribution in [3.8, 4) is 22.6 Å². The molecule has 3 aromatic rings. The van der Waals surface area contributed by atoms with Gasteiger partial charge in [-0.15, -0.1) is 0 Å². The van der Waals surface area contributed by atoms with Crippen LogP contribution in [0.1, 0.15) is 30.2 Å². The molecule has 2 amide bonds. The molecule has 0 spiro atoms. The van der Waals surface area contributed by atoms with E-state index in [1.54, 1.807) is 31.3 Å². The third-order valence-electron chi connectivity index (χ3n) is 6.02. The monoisotopic (exact) mass is 450 g/mol. The van der Waals surface area contributed by atoms with E-state index in [0.717, 1.165) is 29.5 Å². The zero-order chi connectivity index (χ0) is 22.3. The summed E-state index contributed by atoms with van der Waals surface area (Å²) in [4.78, 5) is 25.0. The van der Waals surface area contributed by atoms with E-state index in [4.69, 9.17) is 21.1 Å². The quantitative estimate of drug-likeness (QED) is 0.572. The van der Waals surface area contributed by atoms with Gasteiger partial charge in [-0.2, -0.15) is 0 Å². The number of hydrogen-bond acceptors (Lipinski definition) is 4. The molecule has 164 valence electrons. The molecule has 2 aliphatic rings. The van der Waals surface area contributed by atoms with Crippen molar-refractivity contribution in [1.82, 2.24) is 5.32 Å². The summed E-state index contributed by atoms with van der Waals surface area (Å²) in [5.74, 6) is 1.17. The highest BCUT2D eigenvalue weighted by atomic mass is 35.5. The van der Waals surface area contributed by atoms with Crippen molar-refractivity contribution in [2.45, 2.75) is 18.3 Å². The second-order valence-electron chi connectivity index (χ2n) is 7.96. The number of rotatable bonds is 5. The minimum absolute atomic E-state index is 0. The van der Waals surface area contributed by atoms with Gasteiger partial charge in [-0.1, -0.05) is 29.8 Å². The van der Waals surface area contributed by atoms with Gasteiger partial charge in [0.25, 0.3) is 5.91 Å². The number of carbonyl (C=O) groups is 2. The Morgan fingerprint density at radius 2 is 1.72 bits per heavy atom. The van der Waals surface area contributed by atoms with E-state index in [-0.39, 0.29) is 20.0 Å². The Labute approximate surface area is 192 Å². The van der Waals surface area contributed by atoms with Crippen LogP contribution in [0.4, 0.5) is 5.69 Å². The molecule has 7 heteroatoms. The van der Waals surface area contributed by atoms with Crippen LogP contribution >= 0.6 is 11.6 Å². The van der Waals surface area contributed by atoms with Gasteiger partial charge in [0.1, 0.15) is 0 Å². The summed E-state index contributed by atoms with van der Waals surface area (Å²) < 4.78 is 10.9. The average Bonchev–Trinajstić information content (AvgIpc) is 3.50. The van der Waals surface area contributed by atoms with Crippen molar-refractivity contribution >= 4 is 29.1 Å². The van der Waals surface area contributed by atoms with Crippen LogP contribution in [-0.2, 0) is 10.2 Å². The summed E-state index contributed by atoms with van der Waals surface area (Å²) >= 11 is 6.43. The molecule has 0 radical (unpaired) electrons. The summed E-state index contributed by atoms with van der Waals surface area (Å²) in [5.41, 5.74) is 3.23. The molecule has 0 atom stereocenters. The number of carbonyl (C=O) groups excluding carboxylic acids is 2. The minimum atomic E-state index is -0.560. The van der Waals surface area contributed by atoms with Crippen molar-refractivity contribution in [1.29, 1.82) is 0 Å². The van der Waals surface area contributed by atoms with Gasteiger partial charge in [0.05, 0.1) is 5.41 Å². The molecular formula is C25H23ClN2O4. The maximum atomic E-state index is 13.2. The highest BCUT2D eigenvalue weighted by Gasteiger charge is 2.51. The number of halogens is 1. The number of amides is 2. The fourth-order valence-electron chi connectivity index (χ4n) is 3.99. The Morgan fingerprint density at radius 1 is 0.969 bits per heavy atom. The van der Waals surface area contributed by atoms with Crippen LogP contribution in [0.5, 0.6) is 11.5 Å². The summed E-state index contributed by atoms with van der Waals surface area (Å²) in [7, 11) is 1.59. The first-order chi connectivity index (χ1) is 15.5. The maximum Gasteiger partial charge on any atom is 0.251 e. The molecule has 2 N–H and O–H groups in total. The molecule has 5 rings (SSSR count). The Kier molecular flexibility index (Phi) is 5.02. The third kappa shape index (κ3) is 3.56. The smallest absolute Gasteiger partial charge is 0.251 e. The Balaban J connectivity index is 0.00000259. The lowest BCUT2D eigenvalue weighted by Gasteiger charge is -2.17. The molecular weight excluding hydrogens is 428 g/mol. The van der Waals surface area contributed by atoms with Crippen molar-refractivity contribution < 1.29 is 20.5 Å². The summed E-state index contributed by atoms with van der Waals surface area (Å²) in [6, 6.07) is 18.3. The van der Waals surface area contributed by atoms with Crippen LogP contribution in [0.15, 0.2) is 60.7 Å². The third-order valence-corrected chi connectivity index (χ3v) is 6.35. The van der Waals surface area contributed by atoms with Gasteiger partial charge in [0.2, 0.25) is 12.7 Å². The van der Waals surface area contributed by atoms with E-state index in [2.05, 4.69) is 10.6 Å². The molecule has 1 heterocycles. The molecule has 3 aromatic carbocycles. The van der Waals surface area contributed by atoms with E-state index in [9.17, 15) is 9.59 Å². The second-order valence-corrected chi connectivity index (χ2v) is 8.36. The predicted octanol–water partition coefficient (Wildman–Crippen LogP) is 5.01. The summed E-state index contributed by atoms with van der Waals surface area (Å²) in [6.07, 6.45) is 1.56. The molecule has 0 aromatic heterocycles. The molecule has 0 bridgehead atoms. The number of nitrogens with one attached hydrogen (secondary N) is 2. The van der Waals surface area contributed by atoms with Crippen molar-refractivity contribution in [2.24, 2.45) is 0 Å². The van der Waals surface area contributed by atoms with E-state index in [0.29, 0.717) is 27.8 Å². The number of benzene rings is 3. The molecule has 1 aliphatic carbocycles. The Bertz CT molecular complexity index is 1230. The van der Waals surface area contributed by atoms with Crippen LogP contribution in [0.3, 0.4) is 0 Å². The number of fused-ring (bicyclic) bond motifs is 1. The van der Waals surface area contributed by atoms with Crippen molar-refractivity contribution in [3.63, 3.8) is 0 Å². The van der Waals surface area contributed by atoms with Crippen LogP contribution in [0.25, 0.3) is 11.1 Å². The average molecular weight is 451 g/mol. The zero-order valence-corrected chi connectivity index (χ0v) is 18.2. The molecule has 0 saturated heterocycles. The molecule has 32 heavy (non-hydrogen) atoms. The van der Waals surface area contributed by atoms with E-state index >= 15 is 0 Å². The van der Waals surface area contributed by atoms with E-state index in [1.807, 2.05) is 36.4 Å².